The van der Waals surface area contributed by atoms with Crippen LogP contribution in [0.15, 0.2) is 0 Å². The van der Waals surface area contributed by atoms with E-state index in [4.69, 9.17) is 9.16 Å². The van der Waals surface area contributed by atoms with Gasteiger partial charge >= 0.3 is 5.97 Å². The number of ether oxygens (including phenoxy) is 1. The second-order valence-electron chi connectivity index (χ2n) is 8.02. The first kappa shape index (κ1) is 17.4. The van der Waals surface area contributed by atoms with Gasteiger partial charge in [-0.15, -0.1) is 11.8 Å². The molecule has 21 heavy (non-hydrogen) atoms. The highest BCUT2D eigenvalue weighted by molar-refractivity contribution is 8.01. The Morgan fingerprint density at radius 3 is 2.48 bits per heavy atom. The molecule has 1 heterocycles. The van der Waals surface area contributed by atoms with Crippen LogP contribution in [0.25, 0.3) is 0 Å². The number of carbonyl (C=O) groups excluding carboxylic acids is 1. The molecular formula is C16H30O3SSi. The Bertz CT molecular complexity index is 405. The lowest BCUT2D eigenvalue weighted by atomic mass is 9.99. The van der Waals surface area contributed by atoms with Gasteiger partial charge in [0.15, 0.2) is 8.32 Å². The summed E-state index contributed by atoms with van der Waals surface area (Å²) < 4.78 is 12.3. The maximum absolute atomic E-state index is 11.2. The summed E-state index contributed by atoms with van der Waals surface area (Å²) in [5.74, 6) is -0.163. The average Bonchev–Trinajstić information content (AvgIpc) is 2.86. The van der Waals surface area contributed by atoms with Crippen molar-refractivity contribution in [2.75, 3.05) is 0 Å². The molecule has 1 saturated carbocycles. The van der Waals surface area contributed by atoms with Crippen molar-refractivity contribution in [2.45, 2.75) is 94.2 Å². The lowest BCUT2D eigenvalue weighted by Gasteiger charge is -2.42. The number of rotatable bonds is 3. The van der Waals surface area contributed by atoms with Crippen LogP contribution < -0.4 is 0 Å². The van der Waals surface area contributed by atoms with E-state index in [2.05, 4.69) is 33.9 Å². The van der Waals surface area contributed by atoms with Crippen molar-refractivity contribution in [2.24, 2.45) is 0 Å². The van der Waals surface area contributed by atoms with E-state index in [0.717, 1.165) is 19.3 Å². The Morgan fingerprint density at radius 2 is 1.90 bits per heavy atom. The minimum atomic E-state index is -1.74. The second-order valence-corrected chi connectivity index (χ2v) is 14.4. The highest BCUT2D eigenvalue weighted by Gasteiger charge is 2.53. The minimum Gasteiger partial charge on any atom is -0.451 e. The summed E-state index contributed by atoms with van der Waals surface area (Å²) in [6.07, 6.45) is 6.03. The third-order valence-electron chi connectivity index (χ3n) is 5.36. The van der Waals surface area contributed by atoms with Gasteiger partial charge in [-0.2, -0.15) is 0 Å². The average molecular weight is 331 g/mol. The zero-order chi connectivity index (χ0) is 15.9. The number of hydrogen-bond acceptors (Lipinski definition) is 4. The third kappa shape index (κ3) is 3.67. The zero-order valence-corrected chi connectivity index (χ0v) is 16.1. The van der Waals surface area contributed by atoms with E-state index in [1.165, 1.54) is 19.8 Å². The van der Waals surface area contributed by atoms with Crippen molar-refractivity contribution in [1.29, 1.82) is 0 Å². The van der Waals surface area contributed by atoms with Gasteiger partial charge in [0.2, 0.25) is 0 Å². The fourth-order valence-electron chi connectivity index (χ4n) is 3.14. The standard InChI is InChI=1S/C16H30O3SSi/c1-12(17)18-14-9-11-16(20-14)10-7-8-13(16)19-21(5,6)15(2,3)4/h13-14H,7-11H2,1-6H3/t13-,14+,16+/m0/s1. The first-order valence-electron chi connectivity index (χ1n) is 8.09. The Balaban J connectivity index is 2.06. The van der Waals surface area contributed by atoms with Crippen LogP contribution in [-0.2, 0) is 14.0 Å². The summed E-state index contributed by atoms with van der Waals surface area (Å²) in [6, 6.07) is 0. The summed E-state index contributed by atoms with van der Waals surface area (Å²) in [4.78, 5) is 11.2. The molecular weight excluding hydrogens is 300 g/mol. The van der Waals surface area contributed by atoms with Crippen molar-refractivity contribution < 1.29 is 14.0 Å². The number of hydrogen-bond donors (Lipinski definition) is 0. The van der Waals surface area contributed by atoms with Gasteiger partial charge in [-0.3, -0.25) is 4.79 Å². The highest BCUT2D eigenvalue weighted by atomic mass is 32.2. The summed E-state index contributed by atoms with van der Waals surface area (Å²) in [5, 5.41) is 0.245. The predicted octanol–water partition coefficient (Wildman–Crippen LogP) is 4.72. The molecule has 0 aromatic carbocycles. The summed E-state index contributed by atoms with van der Waals surface area (Å²) in [7, 11) is -1.74. The topological polar surface area (TPSA) is 35.5 Å². The quantitative estimate of drug-likeness (QED) is 0.554. The van der Waals surface area contributed by atoms with Gasteiger partial charge in [-0.1, -0.05) is 20.8 Å². The molecule has 122 valence electrons. The summed E-state index contributed by atoms with van der Waals surface area (Å²) >= 11 is 1.86. The van der Waals surface area contributed by atoms with Crippen LogP contribution in [0.4, 0.5) is 0 Å². The van der Waals surface area contributed by atoms with Crippen molar-refractivity contribution in [3.63, 3.8) is 0 Å². The lowest BCUT2D eigenvalue weighted by molar-refractivity contribution is -0.142. The highest BCUT2D eigenvalue weighted by Crippen LogP contribution is 2.55. The fourth-order valence-corrected chi connectivity index (χ4v) is 6.39. The van der Waals surface area contributed by atoms with Gasteiger partial charge in [0.05, 0.1) is 6.10 Å². The van der Waals surface area contributed by atoms with Crippen LogP contribution in [0.3, 0.4) is 0 Å². The molecule has 1 aliphatic heterocycles. The van der Waals surface area contributed by atoms with Crippen LogP contribution in [0, 0.1) is 0 Å². The molecule has 0 N–H and O–H groups in total. The van der Waals surface area contributed by atoms with E-state index < -0.39 is 8.32 Å². The molecule has 1 spiro atoms. The molecule has 0 unspecified atom stereocenters. The molecule has 0 radical (unpaired) electrons. The van der Waals surface area contributed by atoms with Crippen LogP contribution in [0.2, 0.25) is 18.1 Å². The van der Waals surface area contributed by atoms with Crippen LogP contribution in [0.5, 0.6) is 0 Å². The van der Waals surface area contributed by atoms with Crippen LogP contribution in [0.1, 0.15) is 59.8 Å². The van der Waals surface area contributed by atoms with Gasteiger partial charge in [0.25, 0.3) is 0 Å². The van der Waals surface area contributed by atoms with Gasteiger partial charge in [-0.05, 0) is 50.2 Å². The number of carbonyl (C=O) groups is 1. The SMILES string of the molecule is CC(=O)O[C@H]1CC[C@@]2(CCC[C@@H]2O[Si](C)(C)C(C)(C)C)S1. The first-order chi connectivity index (χ1) is 9.56. The molecule has 0 aromatic rings. The van der Waals surface area contributed by atoms with Gasteiger partial charge in [-0.25, -0.2) is 0 Å². The van der Waals surface area contributed by atoms with E-state index in [9.17, 15) is 4.79 Å². The smallest absolute Gasteiger partial charge is 0.303 e. The Kier molecular flexibility index (Phi) is 4.87. The molecule has 1 saturated heterocycles. The van der Waals surface area contributed by atoms with E-state index in [1.54, 1.807) is 0 Å². The van der Waals surface area contributed by atoms with Gasteiger partial charge in [0.1, 0.15) is 5.44 Å². The molecule has 0 aromatic heterocycles. The Labute approximate surface area is 134 Å². The zero-order valence-electron chi connectivity index (χ0n) is 14.3. The largest absolute Gasteiger partial charge is 0.451 e. The molecule has 0 amide bonds. The van der Waals surface area contributed by atoms with E-state index >= 15 is 0 Å². The lowest BCUT2D eigenvalue weighted by Crippen LogP contribution is -2.48. The van der Waals surface area contributed by atoms with Crippen LogP contribution >= 0.6 is 11.8 Å². The molecule has 2 rings (SSSR count). The minimum absolute atomic E-state index is 0.0334. The number of thioether (sulfide) groups is 1. The van der Waals surface area contributed by atoms with Gasteiger partial charge in [0, 0.05) is 11.7 Å². The van der Waals surface area contributed by atoms with E-state index in [-0.39, 0.29) is 21.2 Å². The molecule has 3 nitrogen and oxygen atoms in total. The maximum Gasteiger partial charge on any atom is 0.303 e. The van der Waals surface area contributed by atoms with Crippen molar-refractivity contribution in [3.8, 4) is 0 Å². The normalized spacial score (nSPS) is 33.6. The maximum atomic E-state index is 11.2. The van der Waals surface area contributed by atoms with Crippen LogP contribution in [-0.4, -0.2) is 30.6 Å². The third-order valence-corrected chi connectivity index (χ3v) is 11.6. The second kappa shape index (κ2) is 5.89. The molecule has 5 heteroatoms. The van der Waals surface area contributed by atoms with E-state index in [0.29, 0.717) is 6.10 Å². The van der Waals surface area contributed by atoms with Crippen molar-refractivity contribution in [3.05, 3.63) is 0 Å². The Hall–Kier alpha value is -0.00312. The number of esters is 1. The van der Waals surface area contributed by atoms with Crippen molar-refractivity contribution >= 4 is 26.0 Å². The molecule has 2 aliphatic rings. The molecule has 1 aliphatic carbocycles. The monoisotopic (exact) mass is 330 g/mol. The Morgan fingerprint density at radius 1 is 1.24 bits per heavy atom. The predicted molar refractivity (Wildman–Crippen MR) is 91.0 cm³/mol. The molecule has 3 atom stereocenters. The summed E-state index contributed by atoms with van der Waals surface area (Å²) in [6.45, 7) is 13.1. The fraction of sp³-hybridized carbons (Fsp3) is 0.938. The molecule has 0 bridgehead atoms. The van der Waals surface area contributed by atoms with E-state index in [1.807, 2.05) is 11.8 Å². The first-order valence-corrected chi connectivity index (χ1v) is 11.9. The summed E-state index contributed by atoms with van der Waals surface area (Å²) in [5.41, 5.74) is 0.0334. The van der Waals surface area contributed by atoms with Crippen molar-refractivity contribution in [1.82, 2.24) is 0 Å². The molecule has 2 fully saturated rings. The van der Waals surface area contributed by atoms with Gasteiger partial charge < -0.3 is 9.16 Å².